The van der Waals surface area contributed by atoms with Gasteiger partial charge in [0.05, 0.1) is 38.0 Å². The van der Waals surface area contributed by atoms with Gasteiger partial charge in [-0.15, -0.1) is 0 Å². The molecule has 0 saturated carbocycles. The van der Waals surface area contributed by atoms with E-state index in [4.69, 9.17) is 23.7 Å². The van der Waals surface area contributed by atoms with Crippen LogP contribution in [0.5, 0.6) is 28.7 Å². The Morgan fingerprint density at radius 2 is 1.59 bits per heavy atom. The normalized spacial score (nSPS) is 10.5. The van der Waals surface area contributed by atoms with Crippen LogP contribution in [0.1, 0.15) is 15.9 Å². The highest BCUT2D eigenvalue weighted by atomic mass is 16.6. The number of esters is 1. The maximum atomic E-state index is 12.6. The monoisotopic (exact) mass is 509 g/mol. The molecule has 0 aliphatic rings. The van der Waals surface area contributed by atoms with Gasteiger partial charge in [0.15, 0.2) is 23.9 Å². The van der Waals surface area contributed by atoms with Gasteiger partial charge in [0.2, 0.25) is 5.75 Å². The molecule has 0 spiro atoms. The van der Waals surface area contributed by atoms with Gasteiger partial charge in [-0.3, -0.25) is 14.9 Å². The SMILES string of the molecule is COc1cc(C(=O)Oc2ccc(C=NNC(=O)COc3ccccc3[N+](=O)[O-])cc2)cc(OC)c1OC. The molecule has 37 heavy (non-hydrogen) atoms. The number of hydrogen-bond acceptors (Lipinski definition) is 10. The van der Waals surface area contributed by atoms with Crippen molar-refractivity contribution < 1.29 is 38.2 Å². The summed E-state index contributed by atoms with van der Waals surface area (Å²) in [5.74, 6) is -0.00667. The van der Waals surface area contributed by atoms with Crippen molar-refractivity contribution in [3.8, 4) is 28.7 Å². The molecule has 192 valence electrons. The summed E-state index contributed by atoms with van der Waals surface area (Å²) in [5.41, 5.74) is 2.82. The molecule has 12 nitrogen and oxygen atoms in total. The van der Waals surface area contributed by atoms with Crippen LogP contribution >= 0.6 is 0 Å². The van der Waals surface area contributed by atoms with E-state index in [1.54, 1.807) is 30.3 Å². The molecule has 0 atom stereocenters. The smallest absolute Gasteiger partial charge is 0.343 e. The van der Waals surface area contributed by atoms with Crippen molar-refractivity contribution in [2.75, 3.05) is 27.9 Å². The number of nitro groups is 1. The number of hydrogen-bond donors (Lipinski definition) is 1. The van der Waals surface area contributed by atoms with Gasteiger partial charge in [0.25, 0.3) is 5.91 Å². The number of ether oxygens (including phenoxy) is 5. The van der Waals surface area contributed by atoms with E-state index in [1.165, 1.54) is 57.9 Å². The van der Waals surface area contributed by atoms with E-state index < -0.39 is 23.4 Å². The van der Waals surface area contributed by atoms with E-state index in [0.29, 0.717) is 22.8 Å². The molecule has 0 aromatic heterocycles. The van der Waals surface area contributed by atoms with Crippen molar-refractivity contribution in [1.82, 2.24) is 5.43 Å². The summed E-state index contributed by atoms with van der Waals surface area (Å²) in [6.07, 6.45) is 1.37. The molecule has 0 bridgehead atoms. The van der Waals surface area contributed by atoms with Crippen LogP contribution in [0.2, 0.25) is 0 Å². The summed E-state index contributed by atoms with van der Waals surface area (Å²) in [6.45, 7) is -0.460. The Morgan fingerprint density at radius 3 is 2.19 bits per heavy atom. The first kappa shape index (κ1) is 26.5. The van der Waals surface area contributed by atoms with Crippen LogP contribution in [0.3, 0.4) is 0 Å². The van der Waals surface area contributed by atoms with Crippen molar-refractivity contribution in [3.05, 3.63) is 81.9 Å². The lowest BCUT2D eigenvalue weighted by molar-refractivity contribution is -0.385. The number of methoxy groups -OCH3 is 3. The third-order valence-electron chi connectivity index (χ3n) is 4.81. The Balaban J connectivity index is 1.55. The van der Waals surface area contributed by atoms with E-state index >= 15 is 0 Å². The Bertz CT molecular complexity index is 1280. The summed E-state index contributed by atoms with van der Waals surface area (Å²) >= 11 is 0. The number of rotatable bonds is 11. The zero-order valence-corrected chi connectivity index (χ0v) is 20.1. The van der Waals surface area contributed by atoms with E-state index in [2.05, 4.69) is 10.5 Å². The quantitative estimate of drug-likeness (QED) is 0.135. The van der Waals surface area contributed by atoms with Crippen LogP contribution in [0.15, 0.2) is 65.8 Å². The largest absolute Gasteiger partial charge is 0.493 e. The Kier molecular flexibility index (Phi) is 8.97. The number of benzene rings is 3. The van der Waals surface area contributed by atoms with Crippen molar-refractivity contribution in [2.24, 2.45) is 5.10 Å². The third kappa shape index (κ3) is 6.94. The molecule has 1 amide bonds. The van der Waals surface area contributed by atoms with E-state index in [9.17, 15) is 19.7 Å². The highest BCUT2D eigenvalue weighted by molar-refractivity contribution is 5.93. The van der Waals surface area contributed by atoms with Crippen LogP contribution < -0.4 is 29.1 Å². The highest BCUT2D eigenvalue weighted by Crippen LogP contribution is 2.38. The topological polar surface area (TPSA) is 148 Å². The number of nitro benzene ring substituents is 1. The molecule has 3 aromatic rings. The summed E-state index contributed by atoms with van der Waals surface area (Å²) in [6, 6.07) is 15.0. The molecule has 3 aromatic carbocycles. The predicted molar refractivity (Wildman–Crippen MR) is 132 cm³/mol. The molecule has 0 radical (unpaired) electrons. The number of nitrogens with one attached hydrogen (secondary N) is 1. The van der Waals surface area contributed by atoms with Crippen molar-refractivity contribution >= 4 is 23.8 Å². The summed E-state index contributed by atoms with van der Waals surface area (Å²) in [4.78, 5) is 34.9. The molecule has 0 aliphatic carbocycles. The second-order valence-corrected chi connectivity index (χ2v) is 7.18. The molecular formula is C25H23N3O9. The molecule has 3 rings (SSSR count). The zero-order valence-electron chi connectivity index (χ0n) is 20.1. The van der Waals surface area contributed by atoms with Crippen molar-refractivity contribution in [3.63, 3.8) is 0 Å². The lowest BCUT2D eigenvalue weighted by atomic mass is 10.2. The van der Waals surface area contributed by atoms with Gasteiger partial charge in [-0.1, -0.05) is 12.1 Å². The minimum Gasteiger partial charge on any atom is -0.493 e. The average Bonchev–Trinajstić information content (AvgIpc) is 2.91. The van der Waals surface area contributed by atoms with Gasteiger partial charge in [-0.2, -0.15) is 5.10 Å². The maximum absolute atomic E-state index is 12.6. The van der Waals surface area contributed by atoms with Crippen LogP contribution in [0.4, 0.5) is 5.69 Å². The van der Waals surface area contributed by atoms with Gasteiger partial charge in [0.1, 0.15) is 5.75 Å². The lowest BCUT2D eigenvalue weighted by Gasteiger charge is -2.13. The van der Waals surface area contributed by atoms with Crippen LogP contribution in [-0.2, 0) is 4.79 Å². The molecule has 12 heteroatoms. The number of hydrazone groups is 1. The summed E-state index contributed by atoms with van der Waals surface area (Å²) < 4.78 is 26.3. The first-order valence-electron chi connectivity index (χ1n) is 10.7. The fourth-order valence-corrected chi connectivity index (χ4v) is 3.07. The number of carbonyl (C=O) groups excluding carboxylic acids is 2. The van der Waals surface area contributed by atoms with Gasteiger partial charge in [0, 0.05) is 6.07 Å². The van der Waals surface area contributed by atoms with E-state index in [1.807, 2.05) is 0 Å². The molecule has 1 N–H and O–H groups in total. The van der Waals surface area contributed by atoms with E-state index in [-0.39, 0.29) is 22.7 Å². The summed E-state index contributed by atoms with van der Waals surface area (Å²) in [7, 11) is 4.34. The van der Waals surface area contributed by atoms with Crippen molar-refractivity contribution in [2.45, 2.75) is 0 Å². The first-order chi connectivity index (χ1) is 17.9. The number of para-hydroxylation sites is 2. The zero-order chi connectivity index (χ0) is 26.8. The first-order valence-corrected chi connectivity index (χ1v) is 10.7. The van der Waals surface area contributed by atoms with Crippen LogP contribution in [0.25, 0.3) is 0 Å². The van der Waals surface area contributed by atoms with Crippen LogP contribution in [-0.4, -0.2) is 51.0 Å². The van der Waals surface area contributed by atoms with Gasteiger partial charge in [-0.05, 0) is 48.0 Å². The second kappa shape index (κ2) is 12.5. The van der Waals surface area contributed by atoms with E-state index in [0.717, 1.165) is 0 Å². The Morgan fingerprint density at radius 1 is 0.946 bits per heavy atom. The lowest BCUT2D eigenvalue weighted by Crippen LogP contribution is -2.24. The number of nitrogens with zero attached hydrogens (tertiary/aromatic N) is 2. The van der Waals surface area contributed by atoms with Crippen molar-refractivity contribution in [1.29, 1.82) is 0 Å². The fraction of sp³-hybridized carbons (Fsp3) is 0.160. The molecule has 0 aliphatic heterocycles. The molecule has 0 heterocycles. The Labute approximate surface area is 211 Å². The highest BCUT2D eigenvalue weighted by Gasteiger charge is 2.18. The minimum atomic E-state index is -0.633. The Hall–Kier alpha value is -5.13. The number of carbonyl (C=O) groups is 2. The number of amides is 1. The average molecular weight is 509 g/mol. The minimum absolute atomic E-state index is 0.0247. The second-order valence-electron chi connectivity index (χ2n) is 7.18. The standard InChI is InChI=1S/C25H23N3O9/c1-33-21-12-17(13-22(34-2)24(21)35-3)25(30)37-18-10-8-16(9-11-18)14-26-27-23(29)15-36-20-7-5-4-6-19(20)28(31)32/h4-14H,15H2,1-3H3,(H,27,29). The predicted octanol–water partition coefficient (Wildman–Crippen LogP) is 3.37. The maximum Gasteiger partial charge on any atom is 0.343 e. The third-order valence-corrected chi connectivity index (χ3v) is 4.81. The molecule has 0 saturated heterocycles. The molecular weight excluding hydrogens is 486 g/mol. The van der Waals surface area contributed by atoms with Gasteiger partial charge in [-0.25, -0.2) is 10.2 Å². The van der Waals surface area contributed by atoms with Crippen LogP contribution in [0, 0.1) is 10.1 Å². The fourth-order valence-electron chi connectivity index (χ4n) is 3.07. The summed E-state index contributed by atoms with van der Waals surface area (Å²) in [5, 5.41) is 14.8. The van der Waals surface area contributed by atoms with Gasteiger partial charge < -0.3 is 23.7 Å². The van der Waals surface area contributed by atoms with Gasteiger partial charge >= 0.3 is 11.7 Å². The molecule has 0 unspecified atom stereocenters. The molecule has 0 fully saturated rings.